The predicted molar refractivity (Wildman–Crippen MR) is 99.9 cm³/mol. The Kier molecular flexibility index (Phi) is 5.20. The number of hydrogen-bond acceptors (Lipinski definition) is 6. The quantitative estimate of drug-likeness (QED) is 0.783. The van der Waals surface area contributed by atoms with Gasteiger partial charge in [-0.15, -0.1) is 11.3 Å². The van der Waals surface area contributed by atoms with Crippen LogP contribution in [0.5, 0.6) is 0 Å². The molecule has 0 radical (unpaired) electrons. The molecule has 6 nitrogen and oxygen atoms in total. The first-order chi connectivity index (χ1) is 11.7. The molecule has 0 saturated carbocycles. The van der Waals surface area contributed by atoms with E-state index in [1.807, 2.05) is 38.3 Å². The standard InChI is InChI=1S/C19H29NO5S/c1-16(2,3)19(8)23-14(21)18(7,25-19)13(12-10-9-11-26-12)20-15(22)24-17(4,5)6/h9-11,13H,1-8H3,(H,20,22)/t13-,18-,19-/m1/s1. The highest BCUT2D eigenvalue weighted by atomic mass is 32.1. The van der Waals surface area contributed by atoms with E-state index in [9.17, 15) is 9.59 Å². The van der Waals surface area contributed by atoms with Crippen LogP contribution >= 0.6 is 11.3 Å². The van der Waals surface area contributed by atoms with Gasteiger partial charge in [-0.05, 0) is 39.1 Å². The maximum Gasteiger partial charge on any atom is 0.408 e. The molecule has 7 heteroatoms. The molecule has 1 aliphatic heterocycles. The number of carbonyl (C=O) groups is 2. The van der Waals surface area contributed by atoms with Crippen LogP contribution in [0.15, 0.2) is 17.5 Å². The number of thiophene rings is 1. The Morgan fingerprint density at radius 1 is 1.23 bits per heavy atom. The van der Waals surface area contributed by atoms with E-state index in [-0.39, 0.29) is 0 Å². The van der Waals surface area contributed by atoms with Gasteiger partial charge in [0.05, 0.1) is 0 Å². The number of ether oxygens (including phenoxy) is 3. The van der Waals surface area contributed by atoms with Crippen molar-refractivity contribution in [1.82, 2.24) is 5.32 Å². The number of hydrogen-bond donors (Lipinski definition) is 1. The van der Waals surface area contributed by atoms with Crippen LogP contribution in [0.4, 0.5) is 4.79 Å². The fourth-order valence-electron chi connectivity index (χ4n) is 2.59. The van der Waals surface area contributed by atoms with E-state index >= 15 is 0 Å². The topological polar surface area (TPSA) is 73.9 Å². The zero-order valence-corrected chi connectivity index (χ0v) is 17.6. The zero-order valence-electron chi connectivity index (χ0n) is 16.8. The fourth-order valence-corrected chi connectivity index (χ4v) is 3.48. The van der Waals surface area contributed by atoms with Crippen molar-refractivity contribution in [2.45, 2.75) is 78.4 Å². The van der Waals surface area contributed by atoms with E-state index in [2.05, 4.69) is 5.32 Å². The molecule has 1 fully saturated rings. The summed E-state index contributed by atoms with van der Waals surface area (Å²) in [5.74, 6) is -1.62. The maximum atomic E-state index is 12.8. The minimum atomic E-state index is -1.37. The summed E-state index contributed by atoms with van der Waals surface area (Å²) in [4.78, 5) is 26.0. The third-order valence-corrected chi connectivity index (χ3v) is 5.44. The highest BCUT2D eigenvalue weighted by Crippen LogP contribution is 2.48. The van der Waals surface area contributed by atoms with E-state index < -0.39 is 40.5 Å². The SMILES string of the molecule is CC(C)(C)OC(=O)N[C@H](c1cccs1)[C@@]1(C)O[C@](C)(C(C)(C)C)OC1=O. The molecule has 1 aromatic rings. The molecule has 1 N–H and O–H groups in total. The van der Waals surface area contributed by atoms with Gasteiger partial charge in [-0.1, -0.05) is 26.8 Å². The van der Waals surface area contributed by atoms with Crippen molar-refractivity contribution in [3.8, 4) is 0 Å². The van der Waals surface area contributed by atoms with Crippen LogP contribution in [-0.2, 0) is 19.0 Å². The van der Waals surface area contributed by atoms with Gasteiger partial charge in [0, 0.05) is 17.2 Å². The Hall–Kier alpha value is -1.60. The average Bonchev–Trinajstić information content (AvgIpc) is 3.01. The Morgan fingerprint density at radius 2 is 1.85 bits per heavy atom. The molecule has 3 atom stereocenters. The van der Waals surface area contributed by atoms with Gasteiger partial charge in [0.25, 0.3) is 0 Å². The van der Waals surface area contributed by atoms with Crippen LogP contribution in [0.1, 0.15) is 66.3 Å². The van der Waals surface area contributed by atoms with Gasteiger partial charge in [0.1, 0.15) is 11.6 Å². The average molecular weight is 384 g/mol. The minimum Gasteiger partial charge on any atom is -0.444 e. The highest BCUT2D eigenvalue weighted by molar-refractivity contribution is 7.10. The van der Waals surface area contributed by atoms with E-state index in [0.29, 0.717) is 0 Å². The second-order valence-corrected chi connectivity index (χ2v) is 9.87. The Labute approximate surface area is 159 Å². The normalized spacial score (nSPS) is 27.8. The summed E-state index contributed by atoms with van der Waals surface area (Å²) in [7, 11) is 0. The fraction of sp³-hybridized carbons (Fsp3) is 0.684. The number of carbonyl (C=O) groups excluding carboxylic acids is 2. The monoisotopic (exact) mass is 383 g/mol. The number of esters is 1. The molecule has 1 aromatic heterocycles. The summed E-state index contributed by atoms with van der Waals surface area (Å²) in [6, 6.07) is 2.98. The highest BCUT2D eigenvalue weighted by Gasteiger charge is 2.62. The Bertz CT molecular complexity index is 673. The van der Waals surface area contributed by atoms with E-state index in [0.717, 1.165) is 4.88 Å². The molecule has 0 bridgehead atoms. The molecular weight excluding hydrogens is 354 g/mol. The van der Waals surface area contributed by atoms with Crippen LogP contribution in [-0.4, -0.2) is 29.1 Å². The van der Waals surface area contributed by atoms with Crippen LogP contribution in [0.3, 0.4) is 0 Å². The van der Waals surface area contributed by atoms with Gasteiger partial charge in [-0.25, -0.2) is 9.59 Å². The first kappa shape index (κ1) is 20.7. The van der Waals surface area contributed by atoms with E-state index in [4.69, 9.17) is 14.2 Å². The lowest BCUT2D eigenvalue weighted by Crippen LogP contribution is -2.50. The summed E-state index contributed by atoms with van der Waals surface area (Å²) in [5.41, 5.74) is -2.46. The Balaban J connectivity index is 2.37. The molecule has 1 aliphatic rings. The van der Waals surface area contributed by atoms with Crippen molar-refractivity contribution in [2.24, 2.45) is 5.41 Å². The molecule has 0 unspecified atom stereocenters. The van der Waals surface area contributed by atoms with Gasteiger partial charge >= 0.3 is 12.1 Å². The van der Waals surface area contributed by atoms with Gasteiger partial charge in [-0.2, -0.15) is 0 Å². The summed E-state index contributed by atoms with van der Waals surface area (Å²) >= 11 is 1.43. The summed E-state index contributed by atoms with van der Waals surface area (Å²) in [6.07, 6.45) is -0.613. The zero-order chi connectivity index (χ0) is 20.0. The van der Waals surface area contributed by atoms with Crippen molar-refractivity contribution < 1.29 is 23.8 Å². The van der Waals surface area contributed by atoms with Crippen LogP contribution in [0.25, 0.3) is 0 Å². The molecule has 0 aromatic carbocycles. The molecule has 1 amide bonds. The second kappa shape index (κ2) is 6.53. The third kappa shape index (κ3) is 4.04. The number of rotatable bonds is 3. The van der Waals surface area contributed by atoms with Crippen molar-refractivity contribution in [2.75, 3.05) is 0 Å². The lowest BCUT2D eigenvalue weighted by molar-refractivity contribution is -0.233. The second-order valence-electron chi connectivity index (χ2n) is 8.89. The minimum absolute atomic E-state index is 0.438. The van der Waals surface area contributed by atoms with Crippen LogP contribution in [0, 0.1) is 5.41 Å². The number of alkyl carbamates (subject to hydrolysis) is 1. The number of amides is 1. The first-order valence-corrected chi connectivity index (χ1v) is 9.52. The largest absolute Gasteiger partial charge is 0.444 e. The van der Waals surface area contributed by atoms with Crippen molar-refractivity contribution in [3.63, 3.8) is 0 Å². The lowest BCUT2D eigenvalue weighted by atomic mass is 9.86. The number of nitrogens with one attached hydrogen (secondary N) is 1. The molecule has 2 heterocycles. The van der Waals surface area contributed by atoms with Gasteiger partial charge in [0.15, 0.2) is 5.60 Å². The summed E-state index contributed by atoms with van der Waals surface area (Å²) < 4.78 is 17.2. The lowest BCUT2D eigenvalue weighted by Gasteiger charge is -2.38. The molecular formula is C19H29NO5S. The van der Waals surface area contributed by atoms with Crippen LogP contribution in [0.2, 0.25) is 0 Å². The van der Waals surface area contributed by atoms with Crippen molar-refractivity contribution in [1.29, 1.82) is 0 Å². The molecule has 2 rings (SSSR count). The first-order valence-electron chi connectivity index (χ1n) is 8.64. The molecule has 0 spiro atoms. The third-order valence-electron chi connectivity index (χ3n) is 4.50. The van der Waals surface area contributed by atoms with Gasteiger partial charge < -0.3 is 19.5 Å². The maximum absolute atomic E-state index is 12.8. The Morgan fingerprint density at radius 3 is 2.27 bits per heavy atom. The number of cyclic esters (lactones) is 1. The van der Waals surface area contributed by atoms with E-state index in [1.165, 1.54) is 11.3 Å². The van der Waals surface area contributed by atoms with Gasteiger partial charge in [0.2, 0.25) is 5.79 Å². The summed E-state index contributed by atoms with van der Waals surface area (Å²) in [6.45, 7) is 14.6. The predicted octanol–water partition coefficient (Wildman–Crippen LogP) is 4.41. The van der Waals surface area contributed by atoms with Crippen molar-refractivity contribution >= 4 is 23.4 Å². The molecule has 0 aliphatic carbocycles. The van der Waals surface area contributed by atoms with E-state index in [1.54, 1.807) is 34.6 Å². The van der Waals surface area contributed by atoms with Crippen molar-refractivity contribution in [3.05, 3.63) is 22.4 Å². The smallest absolute Gasteiger partial charge is 0.408 e. The van der Waals surface area contributed by atoms with Gasteiger partial charge in [-0.3, -0.25) is 0 Å². The molecule has 26 heavy (non-hydrogen) atoms. The van der Waals surface area contributed by atoms with Crippen LogP contribution < -0.4 is 5.32 Å². The summed E-state index contributed by atoms with van der Waals surface area (Å²) in [5, 5.41) is 4.68. The molecule has 1 saturated heterocycles. The molecule has 146 valence electrons.